The molecule has 82 valence electrons. The Morgan fingerprint density at radius 1 is 0.875 bits per heavy atom. The Balaban J connectivity index is 2.40. The van der Waals surface area contributed by atoms with Crippen LogP contribution in [0.5, 0.6) is 0 Å². The molecule has 16 heavy (non-hydrogen) atoms. The van der Waals surface area contributed by atoms with Gasteiger partial charge in [0.2, 0.25) is 0 Å². The Kier molecular flexibility index (Phi) is 2.91. The molecular weight excluding hydrogens is 201 g/mol. The maximum atomic E-state index is 12.8. The van der Waals surface area contributed by atoms with Crippen molar-refractivity contribution >= 4 is 5.69 Å². The third-order valence-corrected chi connectivity index (χ3v) is 2.54. The lowest BCUT2D eigenvalue weighted by molar-refractivity contribution is 0.628. The second kappa shape index (κ2) is 4.35. The topological polar surface area (TPSA) is 3.24 Å². The number of hydrogen-bond acceptors (Lipinski definition) is 1. The molecule has 0 saturated carbocycles. The Bertz CT molecular complexity index is 474. The summed E-state index contributed by atoms with van der Waals surface area (Å²) >= 11 is 0. The molecule has 2 aromatic rings. The van der Waals surface area contributed by atoms with Crippen LogP contribution < -0.4 is 4.90 Å². The van der Waals surface area contributed by atoms with Gasteiger partial charge in [0.05, 0.1) is 0 Å². The molecule has 0 aliphatic heterocycles. The highest BCUT2D eigenvalue weighted by Crippen LogP contribution is 2.23. The van der Waals surface area contributed by atoms with Crippen LogP contribution in [-0.4, -0.2) is 14.1 Å². The molecular formula is C14H14FN. The van der Waals surface area contributed by atoms with Crippen LogP contribution in [-0.2, 0) is 0 Å². The average Bonchev–Trinajstić information content (AvgIpc) is 2.30. The third kappa shape index (κ3) is 2.22. The summed E-state index contributed by atoms with van der Waals surface area (Å²) < 4.78 is 12.8. The van der Waals surface area contributed by atoms with Crippen molar-refractivity contribution in [3.8, 4) is 11.1 Å². The summed E-state index contributed by atoms with van der Waals surface area (Å²) in [5.74, 6) is -0.201. The number of benzene rings is 2. The number of nitrogens with zero attached hydrogens (tertiary/aromatic N) is 1. The van der Waals surface area contributed by atoms with Gasteiger partial charge in [-0.15, -0.1) is 0 Å². The van der Waals surface area contributed by atoms with Crippen molar-refractivity contribution in [2.24, 2.45) is 0 Å². The Hall–Kier alpha value is -1.83. The highest BCUT2D eigenvalue weighted by atomic mass is 19.1. The van der Waals surface area contributed by atoms with Gasteiger partial charge >= 0.3 is 0 Å². The van der Waals surface area contributed by atoms with Crippen molar-refractivity contribution in [2.45, 2.75) is 0 Å². The van der Waals surface area contributed by atoms with E-state index in [1.807, 2.05) is 37.2 Å². The molecule has 0 saturated heterocycles. The van der Waals surface area contributed by atoms with E-state index in [-0.39, 0.29) is 5.82 Å². The van der Waals surface area contributed by atoms with Gasteiger partial charge in [-0.3, -0.25) is 0 Å². The van der Waals surface area contributed by atoms with Crippen LogP contribution in [0.2, 0.25) is 0 Å². The van der Waals surface area contributed by atoms with Gasteiger partial charge in [-0.1, -0.05) is 24.3 Å². The predicted octanol–water partition coefficient (Wildman–Crippen LogP) is 3.56. The second-order valence-electron chi connectivity index (χ2n) is 3.95. The van der Waals surface area contributed by atoms with Crippen LogP contribution >= 0.6 is 0 Å². The molecule has 0 unspecified atom stereocenters. The number of rotatable bonds is 2. The van der Waals surface area contributed by atoms with Crippen molar-refractivity contribution in [3.05, 3.63) is 54.3 Å². The first-order valence-electron chi connectivity index (χ1n) is 5.20. The lowest BCUT2D eigenvalue weighted by atomic mass is 10.1. The van der Waals surface area contributed by atoms with Crippen LogP contribution in [0.3, 0.4) is 0 Å². The molecule has 0 aromatic heterocycles. The molecule has 2 aromatic carbocycles. The number of hydrogen-bond donors (Lipinski definition) is 0. The second-order valence-corrected chi connectivity index (χ2v) is 3.95. The van der Waals surface area contributed by atoms with Gasteiger partial charge in [0.25, 0.3) is 0 Å². The molecule has 0 bridgehead atoms. The van der Waals surface area contributed by atoms with Crippen LogP contribution in [0, 0.1) is 5.82 Å². The molecule has 0 aliphatic rings. The monoisotopic (exact) mass is 215 g/mol. The first kappa shape index (κ1) is 10.7. The Morgan fingerprint density at radius 2 is 1.56 bits per heavy atom. The van der Waals surface area contributed by atoms with Gasteiger partial charge in [-0.2, -0.15) is 0 Å². The maximum Gasteiger partial charge on any atom is 0.123 e. The van der Waals surface area contributed by atoms with E-state index in [1.165, 1.54) is 12.1 Å². The largest absolute Gasteiger partial charge is 0.378 e. The predicted molar refractivity (Wildman–Crippen MR) is 66.2 cm³/mol. The summed E-state index contributed by atoms with van der Waals surface area (Å²) in [7, 11) is 4.01. The van der Waals surface area contributed by atoms with E-state index in [2.05, 4.69) is 6.07 Å². The van der Waals surface area contributed by atoms with Crippen LogP contribution in [0.1, 0.15) is 0 Å². The van der Waals surface area contributed by atoms with Gasteiger partial charge in [0.15, 0.2) is 0 Å². The molecule has 2 heteroatoms. The van der Waals surface area contributed by atoms with Crippen LogP contribution in [0.25, 0.3) is 11.1 Å². The number of halogens is 1. The SMILES string of the molecule is CN(C)c1cccc(-c2ccc(F)cc2)c1. The quantitative estimate of drug-likeness (QED) is 0.740. The minimum atomic E-state index is -0.201. The van der Waals surface area contributed by atoms with Crippen molar-refractivity contribution in [2.75, 3.05) is 19.0 Å². The maximum absolute atomic E-state index is 12.8. The zero-order chi connectivity index (χ0) is 11.5. The van der Waals surface area contributed by atoms with Crippen molar-refractivity contribution in [3.63, 3.8) is 0 Å². The minimum absolute atomic E-state index is 0.201. The molecule has 0 atom stereocenters. The fourth-order valence-corrected chi connectivity index (χ4v) is 1.61. The van der Waals surface area contributed by atoms with Gasteiger partial charge in [0.1, 0.15) is 5.82 Å². The zero-order valence-electron chi connectivity index (χ0n) is 9.44. The van der Waals surface area contributed by atoms with Gasteiger partial charge in [-0.25, -0.2) is 4.39 Å². The van der Waals surface area contributed by atoms with E-state index < -0.39 is 0 Å². The Labute approximate surface area is 95.1 Å². The number of anilines is 1. The summed E-state index contributed by atoms with van der Waals surface area (Å²) in [6.07, 6.45) is 0. The molecule has 0 heterocycles. The standard InChI is InChI=1S/C14H14FN/c1-16(2)14-5-3-4-12(10-14)11-6-8-13(15)9-7-11/h3-10H,1-2H3. The lowest BCUT2D eigenvalue weighted by Crippen LogP contribution is -2.08. The summed E-state index contributed by atoms with van der Waals surface area (Å²) in [5, 5.41) is 0. The summed E-state index contributed by atoms with van der Waals surface area (Å²) in [6, 6.07) is 14.7. The van der Waals surface area contributed by atoms with Crippen molar-refractivity contribution in [1.82, 2.24) is 0 Å². The van der Waals surface area contributed by atoms with Crippen LogP contribution in [0.15, 0.2) is 48.5 Å². The highest BCUT2D eigenvalue weighted by molar-refractivity contribution is 5.68. The van der Waals surface area contributed by atoms with Gasteiger partial charge in [0, 0.05) is 19.8 Å². The fourth-order valence-electron chi connectivity index (χ4n) is 1.61. The third-order valence-electron chi connectivity index (χ3n) is 2.54. The molecule has 0 amide bonds. The fraction of sp³-hybridized carbons (Fsp3) is 0.143. The van der Waals surface area contributed by atoms with Gasteiger partial charge in [-0.05, 0) is 35.4 Å². The summed E-state index contributed by atoms with van der Waals surface area (Å²) in [6.45, 7) is 0. The summed E-state index contributed by atoms with van der Waals surface area (Å²) in [5.41, 5.74) is 3.28. The molecule has 0 fully saturated rings. The summed E-state index contributed by atoms with van der Waals surface area (Å²) in [4.78, 5) is 2.05. The molecule has 0 N–H and O–H groups in total. The Morgan fingerprint density at radius 3 is 2.19 bits per heavy atom. The molecule has 0 aliphatic carbocycles. The molecule has 2 rings (SSSR count). The molecule has 1 nitrogen and oxygen atoms in total. The van der Waals surface area contributed by atoms with E-state index in [1.54, 1.807) is 12.1 Å². The molecule has 0 radical (unpaired) electrons. The highest BCUT2D eigenvalue weighted by Gasteiger charge is 2.00. The van der Waals surface area contributed by atoms with E-state index in [0.29, 0.717) is 0 Å². The molecule has 0 spiro atoms. The van der Waals surface area contributed by atoms with E-state index >= 15 is 0 Å². The van der Waals surface area contributed by atoms with E-state index in [9.17, 15) is 4.39 Å². The van der Waals surface area contributed by atoms with Gasteiger partial charge < -0.3 is 4.90 Å². The van der Waals surface area contributed by atoms with E-state index in [0.717, 1.165) is 16.8 Å². The minimum Gasteiger partial charge on any atom is -0.378 e. The zero-order valence-corrected chi connectivity index (χ0v) is 9.44. The van der Waals surface area contributed by atoms with Crippen LogP contribution in [0.4, 0.5) is 10.1 Å². The lowest BCUT2D eigenvalue weighted by Gasteiger charge is -2.13. The van der Waals surface area contributed by atoms with Crippen molar-refractivity contribution in [1.29, 1.82) is 0 Å². The first-order valence-corrected chi connectivity index (χ1v) is 5.20. The average molecular weight is 215 g/mol. The first-order chi connectivity index (χ1) is 7.66. The van der Waals surface area contributed by atoms with Crippen molar-refractivity contribution < 1.29 is 4.39 Å². The smallest absolute Gasteiger partial charge is 0.123 e. The van der Waals surface area contributed by atoms with E-state index in [4.69, 9.17) is 0 Å². The normalized spacial score (nSPS) is 10.2.